The predicted molar refractivity (Wildman–Crippen MR) is 89.9 cm³/mol. The lowest BCUT2D eigenvalue weighted by atomic mass is 9.93. The van der Waals surface area contributed by atoms with E-state index >= 15 is 0 Å². The van der Waals surface area contributed by atoms with E-state index < -0.39 is 0 Å². The molecule has 122 valence electrons. The summed E-state index contributed by atoms with van der Waals surface area (Å²) >= 11 is 0. The van der Waals surface area contributed by atoms with Crippen molar-refractivity contribution >= 4 is 5.91 Å². The second-order valence-electron chi connectivity index (χ2n) is 5.59. The molecule has 0 saturated heterocycles. The Hall–Kier alpha value is -2.88. The lowest BCUT2D eigenvalue weighted by Gasteiger charge is -2.15. The van der Waals surface area contributed by atoms with Gasteiger partial charge in [0.15, 0.2) is 0 Å². The SMILES string of the molecule is O=C(C[C@H](c1ccc(F)cc1)c1ccco1)NCc1ccccc1. The second kappa shape index (κ2) is 7.59. The van der Waals surface area contributed by atoms with Gasteiger partial charge in [0.2, 0.25) is 5.91 Å². The van der Waals surface area contributed by atoms with Crippen LogP contribution in [0.2, 0.25) is 0 Å². The summed E-state index contributed by atoms with van der Waals surface area (Å²) in [5, 5.41) is 2.92. The Bertz CT molecular complexity index is 767. The van der Waals surface area contributed by atoms with Crippen LogP contribution in [-0.2, 0) is 11.3 Å². The highest BCUT2D eigenvalue weighted by atomic mass is 19.1. The fraction of sp³-hybridized carbons (Fsp3) is 0.150. The van der Waals surface area contributed by atoms with Crippen LogP contribution in [0.25, 0.3) is 0 Å². The molecule has 3 aromatic rings. The third kappa shape index (κ3) is 4.10. The summed E-state index contributed by atoms with van der Waals surface area (Å²) in [6.45, 7) is 0.480. The van der Waals surface area contributed by atoms with Gasteiger partial charge in [-0.1, -0.05) is 42.5 Å². The van der Waals surface area contributed by atoms with E-state index in [0.717, 1.165) is 11.1 Å². The highest BCUT2D eigenvalue weighted by Crippen LogP contribution is 2.28. The Balaban J connectivity index is 1.70. The van der Waals surface area contributed by atoms with Crippen molar-refractivity contribution in [3.05, 3.63) is 95.7 Å². The van der Waals surface area contributed by atoms with Gasteiger partial charge < -0.3 is 9.73 Å². The highest BCUT2D eigenvalue weighted by Gasteiger charge is 2.20. The van der Waals surface area contributed by atoms with E-state index in [4.69, 9.17) is 4.42 Å². The van der Waals surface area contributed by atoms with E-state index in [1.54, 1.807) is 24.5 Å². The maximum atomic E-state index is 13.2. The summed E-state index contributed by atoms with van der Waals surface area (Å²) in [5.74, 6) is 0.0721. The summed E-state index contributed by atoms with van der Waals surface area (Å²) < 4.78 is 18.6. The van der Waals surface area contributed by atoms with Gasteiger partial charge in [-0.15, -0.1) is 0 Å². The Morgan fingerprint density at radius 1 is 1.00 bits per heavy atom. The van der Waals surface area contributed by atoms with Crippen molar-refractivity contribution in [3.63, 3.8) is 0 Å². The van der Waals surface area contributed by atoms with Crippen LogP contribution in [0.4, 0.5) is 4.39 Å². The standard InChI is InChI=1S/C20H18FNO2/c21-17-10-8-16(9-11-17)18(19-7-4-12-24-19)13-20(23)22-14-15-5-2-1-3-6-15/h1-12,18H,13-14H2,(H,22,23)/t18-/m1/s1. The Morgan fingerprint density at radius 3 is 2.42 bits per heavy atom. The highest BCUT2D eigenvalue weighted by molar-refractivity contribution is 5.77. The molecule has 0 unspecified atom stereocenters. The number of rotatable bonds is 6. The summed E-state index contributed by atoms with van der Waals surface area (Å²) in [5.41, 5.74) is 1.89. The van der Waals surface area contributed by atoms with Gasteiger partial charge in [0, 0.05) is 13.0 Å². The largest absolute Gasteiger partial charge is 0.469 e. The van der Waals surface area contributed by atoms with E-state index in [1.165, 1.54) is 12.1 Å². The first-order valence-corrected chi connectivity index (χ1v) is 7.82. The fourth-order valence-corrected chi connectivity index (χ4v) is 2.62. The number of carbonyl (C=O) groups is 1. The van der Waals surface area contributed by atoms with Crippen LogP contribution >= 0.6 is 0 Å². The predicted octanol–water partition coefficient (Wildman–Crippen LogP) is 4.26. The topological polar surface area (TPSA) is 42.2 Å². The molecule has 1 amide bonds. The molecule has 24 heavy (non-hydrogen) atoms. The molecule has 1 N–H and O–H groups in total. The summed E-state index contributed by atoms with van der Waals surface area (Å²) in [4.78, 5) is 12.3. The number of hydrogen-bond acceptors (Lipinski definition) is 2. The van der Waals surface area contributed by atoms with Gasteiger partial charge in [-0.25, -0.2) is 4.39 Å². The molecule has 1 aromatic heterocycles. The van der Waals surface area contributed by atoms with E-state index in [0.29, 0.717) is 12.3 Å². The van der Waals surface area contributed by atoms with Gasteiger partial charge in [-0.2, -0.15) is 0 Å². The number of amides is 1. The first-order valence-electron chi connectivity index (χ1n) is 7.82. The Labute approximate surface area is 140 Å². The summed E-state index contributed by atoms with van der Waals surface area (Å²) in [6, 6.07) is 19.5. The molecule has 4 heteroatoms. The number of furan rings is 1. The van der Waals surface area contributed by atoms with Gasteiger partial charge >= 0.3 is 0 Å². The van der Waals surface area contributed by atoms with Crippen LogP contribution in [0.1, 0.15) is 29.2 Å². The number of carbonyl (C=O) groups excluding carboxylic acids is 1. The van der Waals surface area contributed by atoms with E-state index in [2.05, 4.69) is 5.32 Å². The van der Waals surface area contributed by atoms with Crippen molar-refractivity contribution < 1.29 is 13.6 Å². The van der Waals surface area contributed by atoms with Crippen molar-refractivity contribution in [1.82, 2.24) is 5.32 Å². The number of nitrogens with one attached hydrogen (secondary N) is 1. The van der Waals surface area contributed by atoms with Gasteiger partial charge in [0.1, 0.15) is 11.6 Å². The van der Waals surface area contributed by atoms with Crippen molar-refractivity contribution in [1.29, 1.82) is 0 Å². The molecule has 0 aliphatic heterocycles. The van der Waals surface area contributed by atoms with E-state index in [-0.39, 0.29) is 24.1 Å². The molecule has 3 rings (SSSR count). The molecule has 0 bridgehead atoms. The lowest BCUT2D eigenvalue weighted by molar-refractivity contribution is -0.121. The quantitative estimate of drug-likeness (QED) is 0.736. The van der Waals surface area contributed by atoms with Crippen molar-refractivity contribution in [3.8, 4) is 0 Å². The molecular formula is C20H18FNO2. The lowest BCUT2D eigenvalue weighted by Crippen LogP contribution is -2.24. The van der Waals surface area contributed by atoms with Crippen LogP contribution in [0.15, 0.2) is 77.4 Å². The minimum absolute atomic E-state index is 0.0791. The monoisotopic (exact) mass is 323 g/mol. The number of halogens is 1. The van der Waals surface area contributed by atoms with Gasteiger partial charge in [0.05, 0.1) is 12.2 Å². The van der Waals surface area contributed by atoms with Crippen LogP contribution in [-0.4, -0.2) is 5.91 Å². The Morgan fingerprint density at radius 2 is 1.75 bits per heavy atom. The molecule has 0 aliphatic carbocycles. The molecule has 0 aliphatic rings. The van der Waals surface area contributed by atoms with Crippen LogP contribution in [0.5, 0.6) is 0 Å². The molecule has 3 nitrogen and oxygen atoms in total. The van der Waals surface area contributed by atoms with Crippen molar-refractivity contribution in [2.75, 3.05) is 0 Å². The average molecular weight is 323 g/mol. The zero-order chi connectivity index (χ0) is 16.8. The molecule has 0 radical (unpaired) electrons. The fourth-order valence-electron chi connectivity index (χ4n) is 2.62. The third-order valence-electron chi connectivity index (χ3n) is 3.88. The molecule has 1 heterocycles. The molecule has 0 fully saturated rings. The van der Waals surface area contributed by atoms with Gasteiger partial charge in [0.25, 0.3) is 0 Å². The van der Waals surface area contributed by atoms with Crippen LogP contribution in [0.3, 0.4) is 0 Å². The maximum absolute atomic E-state index is 13.2. The minimum atomic E-state index is -0.300. The van der Waals surface area contributed by atoms with Gasteiger partial charge in [-0.05, 0) is 35.4 Å². The number of benzene rings is 2. The first-order chi connectivity index (χ1) is 11.7. The van der Waals surface area contributed by atoms with E-state index in [1.807, 2.05) is 36.4 Å². The van der Waals surface area contributed by atoms with Crippen LogP contribution < -0.4 is 5.32 Å². The first kappa shape index (κ1) is 16.0. The zero-order valence-electron chi connectivity index (χ0n) is 13.1. The second-order valence-corrected chi connectivity index (χ2v) is 5.59. The van der Waals surface area contributed by atoms with Crippen molar-refractivity contribution in [2.45, 2.75) is 18.9 Å². The molecular weight excluding hydrogens is 305 g/mol. The van der Waals surface area contributed by atoms with Crippen molar-refractivity contribution in [2.24, 2.45) is 0 Å². The van der Waals surface area contributed by atoms with E-state index in [9.17, 15) is 9.18 Å². The maximum Gasteiger partial charge on any atom is 0.221 e. The minimum Gasteiger partial charge on any atom is -0.469 e. The smallest absolute Gasteiger partial charge is 0.221 e. The molecule has 0 spiro atoms. The summed E-state index contributed by atoms with van der Waals surface area (Å²) in [7, 11) is 0. The number of hydrogen-bond donors (Lipinski definition) is 1. The molecule has 2 aromatic carbocycles. The normalized spacial score (nSPS) is 11.9. The van der Waals surface area contributed by atoms with Crippen LogP contribution in [0, 0.1) is 5.82 Å². The van der Waals surface area contributed by atoms with Gasteiger partial charge in [-0.3, -0.25) is 4.79 Å². The average Bonchev–Trinajstić information content (AvgIpc) is 3.14. The Kier molecular flexibility index (Phi) is 5.06. The summed E-state index contributed by atoms with van der Waals surface area (Å²) in [6.07, 6.45) is 1.82. The zero-order valence-corrected chi connectivity index (χ0v) is 13.1. The third-order valence-corrected chi connectivity index (χ3v) is 3.88. The molecule has 0 saturated carbocycles. The molecule has 1 atom stereocenters.